The van der Waals surface area contributed by atoms with Crippen molar-refractivity contribution in [3.05, 3.63) is 29.0 Å². The van der Waals surface area contributed by atoms with Crippen molar-refractivity contribution >= 4 is 11.6 Å². The standard InChI is InChI=1S/C6H3ClF3N/c7-4-2-1-3-11-5(4)6(8,9)10/h1-3H/i1D,2D,3D. The van der Waals surface area contributed by atoms with E-state index in [9.17, 15) is 13.2 Å². The molecule has 0 atom stereocenters. The maximum absolute atomic E-state index is 12.2. The molecule has 1 aromatic rings. The summed E-state index contributed by atoms with van der Waals surface area (Å²) in [6.07, 6.45) is -5.72. The summed E-state index contributed by atoms with van der Waals surface area (Å²) < 4.78 is 57.4. The number of hydrogen-bond acceptors (Lipinski definition) is 1. The first kappa shape index (κ1) is 4.98. The van der Waals surface area contributed by atoms with Crippen LogP contribution >= 0.6 is 11.6 Å². The largest absolute Gasteiger partial charge is 0.434 e. The molecule has 60 valence electrons. The molecular weight excluding hydrogens is 179 g/mol. The molecule has 0 spiro atoms. The Labute approximate surface area is 70.0 Å². The van der Waals surface area contributed by atoms with Crippen molar-refractivity contribution in [1.29, 1.82) is 0 Å². The first-order valence-electron chi connectivity index (χ1n) is 3.95. The molecule has 0 aliphatic heterocycles. The molecule has 0 fully saturated rings. The molecule has 0 radical (unpaired) electrons. The van der Waals surface area contributed by atoms with E-state index >= 15 is 0 Å². The Balaban J connectivity index is 3.49. The summed E-state index contributed by atoms with van der Waals surface area (Å²) in [4.78, 5) is 2.81. The minimum Gasteiger partial charge on any atom is -0.250 e. The fourth-order valence-electron chi connectivity index (χ4n) is 0.463. The summed E-state index contributed by atoms with van der Waals surface area (Å²) in [6, 6.07) is -1.55. The van der Waals surface area contributed by atoms with Crippen molar-refractivity contribution in [2.75, 3.05) is 0 Å². The van der Waals surface area contributed by atoms with E-state index in [-0.39, 0.29) is 0 Å². The van der Waals surface area contributed by atoms with Gasteiger partial charge >= 0.3 is 6.18 Å². The van der Waals surface area contributed by atoms with Gasteiger partial charge in [0.25, 0.3) is 0 Å². The van der Waals surface area contributed by atoms with E-state index in [0.717, 1.165) is 0 Å². The highest BCUT2D eigenvalue weighted by Crippen LogP contribution is 2.32. The molecule has 0 aromatic carbocycles. The first-order chi connectivity index (χ1) is 6.25. The predicted molar refractivity (Wildman–Crippen MR) is 34.2 cm³/mol. The van der Waals surface area contributed by atoms with Crippen molar-refractivity contribution in [3.63, 3.8) is 0 Å². The lowest BCUT2D eigenvalue weighted by Crippen LogP contribution is -2.07. The van der Waals surface area contributed by atoms with E-state index in [1.54, 1.807) is 0 Å². The average Bonchev–Trinajstić information content (AvgIpc) is 2.06. The Bertz CT molecular complexity index is 380. The van der Waals surface area contributed by atoms with Crippen LogP contribution in [0.5, 0.6) is 0 Å². The zero-order valence-corrected chi connectivity index (χ0v) is 5.72. The highest BCUT2D eigenvalue weighted by Gasteiger charge is 2.34. The van der Waals surface area contributed by atoms with Gasteiger partial charge in [-0.1, -0.05) is 11.6 Å². The van der Waals surface area contributed by atoms with E-state index < -0.39 is 35.2 Å². The zero-order chi connectivity index (χ0) is 11.1. The molecule has 0 aliphatic carbocycles. The van der Waals surface area contributed by atoms with Crippen molar-refractivity contribution in [2.45, 2.75) is 6.18 Å². The van der Waals surface area contributed by atoms with Crippen LogP contribution in [0.2, 0.25) is 5.02 Å². The van der Waals surface area contributed by atoms with Gasteiger partial charge in [-0.15, -0.1) is 0 Å². The van der Waals surface area contributed by atoms with Gasteiger partial charge in [-0.2, -0.15) is 13.2 Å². The third-order valence-electron chi connectivity index (χ3n) is 0.872. The first-order valence-corrected chi connectivity index (χ1v) is 2.83. The minimum absolute atomic E-state index is 0.719. The molecule has 0 N–H and O–H groups in total. The topological polar surface area (TPSA) is 12.9 Å². The van der Waals surface area contributed by atoms with Crippen LogP contribution in [0, 0.1) is 0 Å². The molecule has 1 rings (SSSR count). The minimum atomic E-state index is -4.81. The molecule has 0 aliphatic rings. The quantitative estimate of drug-likeness (QED) is 0.604. The molecule has 11 heavy (non-hydrogen) atoms. The summed E-state index contributed by atoms with van der Waals surface area (Å²) in [5.41, 5.74) is -1.50. The van der Waals surface area contributed by atoms with Gasteiger partial charge in [-0.3, -0.25) is 4.98 Å². The Morgan fingerprint density at radius 2 is 2.18 bits per heavy atom. The lowest BCUT2D eigenvalue weighted by molar-refractivity contribution is -0.141. The maximum Gasteiger partial charge on any atom is 0.434 e. The highest BCUT2D eigenvalue weighted by molar-refractivity contribution is 6.31. The molecule has 0 unspecified atom stereocenters. The van der Waals surface area contributed by atoms with E-state index in [0.29, 0.717) is 0 Å². The Hall–Kier alpha value is -0.770. The predicted octanol–water partition coefficient (Wildman–Crippen LogP) is 2.75. The van der Waals surface area contributed by atoms with Crippen molar-refractivity contribution < 1.29 is 17.3 Å². The van der Waals surface area contributed by atoms with Gasteiger partial charge in [0.2, 0.25) is 0 Å². The van der Waals surface area contributed by atoms with Gasteiger partial charge in [0.1, 0.15) is 0 Å². The van der Waals surface area contributed by atoms with Crippen LogP contribution in [-0.4, -0.2) is 4.98 Å². The van der Waals surface area contributed by atoms with Crippen LogP contribution in [0.3, 0.4) is 0 Å². The molecular formula is C6H3ClF3N. The number of nitrogens with zero attached hydrogens (tertiary/aromatic N) is 1. The molecule has 0 saturated heterocycles. The molecule has 1 nitrogen and oxygen atoms in total. The third kappa shape index (κ3) is 1.83. The fourth-order valence-corrected chi connectivity index (χ4v) is 0.659. The maximum atomic E-state index is 12.2. The molecule has 0 amide bonds. The SMILES string of the molecule is [2H]c1nc(C(F)(F)F)c(Cl)c([2H])c1[2H]. The number of alkyl halides is 3. The number of hydrogen-bond donors (Lipinski definition) is 0. The van der Waals surface area contributed by atoms with Crippen LogP contribution in [0.15, 0.2) is 18.3 Å². The Morgan fingerprint density at radius 1 is 1.55 bits per heavy atom. The van der Waals surface area contributed by atoms with Gasteiger partial charge in [-0.25, -0.2) is 0 Å². The molecule has 1 heterocycles. The van der Waals surface area contributed by atoms with Crippen LogP contribution in [-0.2, 0) is 6.18 Å². The van der Waals surface area contributed by atoms with Crippen molar-refractivity contribution in [3.8, 4) is 0 Å². The van der Waals surface area contributed by atoms with Crippen LogP contribution in [0.1, 0.15) is 9.81 Å². The number of halogens is 4. The zero-order valence-electron chi connectivity index (χ0n) is 7.96. The monoisotopic (exact) mass is 184 g/mol. The smallest absolute Gasteiger partial charge is 0.250 e. The number of rotatable bonds is 0. The Morgan fingerprint density at radius 3 is 2.73 bits per heavy atom. The fraction of sp³-hybridized carbons (Fsp3) is 0.167. The second-order valence-corrected chi connectivity index (χ2v) is 2.01. The van der Waals surface area contributed by atoms with Crippen LogP contribution in [0.4, 0.5) is 13.2 Å². The normalized spacial score (nSPS) is 15.5. The van der Waals surface area contributed by atoms with Crippen LogP contribution in [0.25, 0.3) is 0 Å². The summed E-state index contributed by atoms with van der Waals surface area (Å²) in [7, 11) is 0. The highest BCUT2D eigenvalue weighted by atomic mass is 35.5. The molecule has 1 aromatic heterocycles. The molecule has 5 heteroatoms. The van der Waals surface area contributed by atoms with Crippen LogP contribution < -0.4 is 0 Å². The molecule has 0 bridgehead atoms. The summed E-state index contributed by atoms with van der Waals surface area (Å²) >= 11 is 5.18. The van der Waals surface area contributed by atoms with Gasteiger partial charge < -0.3 is 0 Å². The van der Waals surface area contributed by atoms with Gasteiger partial charge in [-0.05, 0) is 12.1 Å². The van der Waals surface area contributed by atoms with E-state index in [1.807, 2.05) is 0 Å². The van der Waals surface area contributed by atoms with E-state index in [1.165, 1.54) is 0 Å². The van der Waals surface area contributed by atoms with Gasteiger partial charge in [0.05, 0.1) is 9.13 Å². The Kier molecular flexibility index (Phi) is 1.22. The van der Waals surface area contributed by atoms with Gasteiger partial charge in [0.15, 0.2) is 5.69 Å². The summed E-state index contributed by atoms with van der Waals surface area (Å²) in [6.45, 7) is 0. The number of pyridine rings is 1. The van der Waals surface area contributed by atoms with E-state index in [4.69, 9.17) is 15.7 Å². The van der Waals surface area contributed by atoms with Gasteiger partial charge in [0, 0.05) is 6.17 Å². The number of aromatic nitrogens is 1. The van der Waals surface area contributed by atoms with Crippen molar-refractivity contribution in [1.82, 2.24) is 4.98 Å². The lowest BCUT2D eigenvalue weighted by atomic mass is 10.3. The van der Waals surface area contributed by atoms with Crippen molar-refractivity contribution in [2.24, 2.45) is 0 Å². The summed E-state index contributed by atoms with van der Waals surface area (Å²) in [5.74, 6) is 0. The third-order valence-corrected chi connectivity index (χ3v) is 1.15. The lowest BCUT2D eigenvalue weighted by Gasteiger charge is -2.05. The second-order valence-electron chi connectivity index (χ2n) is 1.63. The summed E-state index contributed by atoms with van der Waals surface area (Å²) in [5, 5.41) is -0.946. The molecule has 0 saturated carbocycles. The average molecular weight is 185 g/mol. The van der Waals surface area contributed by atoms with E-state index in [2.05, 4.69) is 4.98 Å². The second kappa shape index (κ2) is 2.70.